The average molecular weight is 304 g/mol. The summed E-state index contributed by atoms with van der Waals surface area (Å²) in [5, 5.41) is 0. The molecular weight excluding hydrogens is 289 g/mol. The summed E-state index contributed by atoms with van der Waals surface area (Å²) in [6.07, 6.45) is 1.51. The van der Waals surface area contributed by atoms with Crippen LogP contribution in [0, 0.1) is 5.92 Å². The predicted octanol–water partition coefficient (Wildman–Crippen LogP) is 4.86. The zero-order valence-electron chi connectivity index (χ0n) is 11.3. The van der Waals surface area contributed by atoms with Gasteiger partial charge in [-0.1, -0.05) is 32.0 Å². The molecule has 1 unspecified atom stereocenters. The van der Waals surface area contributed by atoms with E-state index in [1.54, 1.807) is 26.0 Å². The molecule has 0 aromatic heterocycles. The van der Waals surface area contributed by atoms with Gasteiger partial charge in [0.25, 0.3) is 0 Å². The number of carbonyl (C=O) groups excluding carboxylic acids is 1. The summed E-state index contributed by atoms with van der Waals surface area (Å²) in [5.41, 5.74) is -4.15. The molecule has 2 nitrogen and oxygen atoms in total. The Kier molecular flexibility index (Phi) is 3.62. The lowest BCUT2D eigenvalue weighted by molar-refractivity contribution is -0.132. The van der Waals surface area contributed by atoms with Gasteiger partial charge in [-0.2, -0.15) is 13.2 Å². The number of alkyl halides is 3. The van der Waals surface area contributed by atoms with Crippen molar-refractivity contribution in [3.63, 3.8) is 0 Å². The third-order valence-corrected chi connectivity index (χ3v) is 6.38. The molecule has 6 heteroatoms. The molecule has 20 heavy (non-hydrogen) atoms. The van der Waals surface area contributed by atoms with E-state index >= 15 is 0 Å². The molecule has 0 spiro atoms. The molecule has 0 bridgehead atoms. The molecule has 1 aliphatic rings. The van der Waals surface area contributed by atoms with E-state index in [2.05, 4.69) is 0 Å². The van der Waals surface area contributed by atoms with Crippen LogP contribution in [0.2, 0.25) is 0 Å². The third-order valence-electron chi connectivity index (χ3n) is 3.00. The van der Waals surface area contributed by atoms with Crippen molar-refractivity contribution in [2.45, 2.75) is 31.2 Å². The van der Waals surface area contributed by atoms with Crippen molar-refractivity contribution in [2.24, 2.45) is 5.92 Å². The van der Waals surface area contributed by atoms with Crippen LogP contribution in [-0.2, 0) is 8.98 Å². The third kappa shape index (κ3) is 2.12. The lowest BCUT2D eigenvalue weighted by Gasteiger charge is -2.40. The molecule has 0 saturated heterocycles. The standard InChI is InChI=1S/C14H15F3O2S/c1-9(2)13-8-11-6-4-5-7-12(11)20(13,14(15,16)17)19-10(3)18/h4-9H,1-3H3. The summed E-state index contributed by atoms with van der Waals surface area (Å²) in [6, 6.07) is 6.22. The minimum Gasteiger partial charge on any atom is -0.399 e. The molecule has 1 heterocycles. The van der Waals surface area contributed by atoms with Gasteiger partial charge in [-0.05, 0) is 23.6 Å². The maximum absolute atomic E-state index is 13.8. The van der Waals surface area contributed by atoms with Gasteiger partial charge in [0.05, 0.1) is 10.3 Å². The summed E-state index contributed by atoms with van der Waals surface area (Å²) in [4.78, 5) is 11.5. The van der Waals surface area contributed by atoms with Crippen molar-refractivity contribution in [1.29, 1.82) is 0 Å². The Balaban J connectivity index is 2.75. The summed E-state index contributed by atoms with van der Waals surface area (Å²) >= 11 is 0. The predicted molar refractivity (Wildman–Crippen MR) is 72.9 cm³/mol. The Morgan fingerprint density at radius 1 is 1.25 bits per heavy atom. The van der Waals surface area contributed by atoms with Gasteiger partial charge >= 0.3 is 11.5 Å². The van der Waals surface area contributed by atoms with Gasteiger partial charge in [0.15, 0.2) is 0 Å². The zero-order valence-corrected chi connectivity index (χ0v) is 12.1. The van der Waals surface area contributed by atoms with Gasteiger partial charge in [-0.25, -0.2) is 0 Å². The number of fused-ring (bicyclic) bond motifs is 1. The second kappa shape index (κ2) is 4.84. The van der Waals surface area contributed by atoms with Crippen LogP contribution in [0.25, 0.3) is 6.08 Å². The first kappa shape index (κ1) is 15.0. The van der Waals surface area contributed by atoms with E-state index < -0.39 is 21.8 Å². The van der Waals surface area contributed by atoms with Crippen molar-refractivity contribution < 1.29 is 22.1 Å². The molecule has 0 aliphatic carbocycles. The van der Waals surface area contributed by atoms with Crippen LogP contribution >= 0.6 is 10.3 Å². The van der Waals surface area contributed by atoms with Gasteiger partial charge in [0.1, 0.15) is 0 Å². The molecule has 110 valence electrons. The highest BCUT2D eigenvalue weighted by molar-refractivity contribution is 8.34. The fourth-order valence-corrected chi connectivity index (χ4v) is 5.39. The van der Waals surface area contributed by atoms with Crippen molar-refractivity contribution in [3.8, 4) is 0 Å². The fourth-order valence-electron chi connectivity index (χ4n) is 2.30. The van der Waals surface area contributed by atoms with Crippen LogP contribution < -0.4 is 0 Å². The second-order valence-corrected chi connectivity index (χ2v) is 7.47. The molecule has 0 N–H and O–H groups in total. The van der Waals surface area contributed by atoms with E-state index in [0.717, 1.165) is 6.92 Å². The molecule has 0 fully saturated rings. The summed E-state index contributed by atoms with van der Waals surface area (Å²) in [7, 11) is -3.76. The maximum atomic E-state index is 13.8. The Bertz CT molecular complexity index is 578. The summed E-state index contributed by atoms with van der Waals surface area (Å²) in [5.74, 6) is -1.28. The highest BCUT2D eigenvalue weighted by Crippen LogP contribution is 2.78. The second-order valence-electron chi connectivity index (χ2n) is 4.82. The number of rotatable bonds is 2. The first-order valence-corrected chi connectivity index (χ1v) is 7.66. The van der Waals surface area contributed by atoms with Crippen molar-refractivity contribution >= 4 is 22.4 Å². The molecule has 0 saturated carbocycles. The van der Waals surface area contributed by atoms with E-state index in [4.69, 9.17) is 4.18 Å². The first-order valence-electron chi connectivity index (χ1n) is 6.10. The van der Waals surface area contributed by atoms with E-state index in [9.17, 15) is 18.0 Å². The fraction of sp³-hybridized carbons (Fsp3) is 0.357. The van der Waals surface area contributed by atoms with Crippen molar-refractivity contribution in [3.05, 3.63) is 34.7 Å². The maximum Gasteiger partial charge on any atom is 0.464 e. The van der Waals surface area contributed by atoms with Crippen LogP contribution in [0.5, 0.6) is 0 Å². The van der Waals surface area contributed by atoms with Gasteiger partial charge in [-0.3, -0.25) is 4.79 Å². The van der Waals surface area contributed by atoms with Gasteiger partial charge < -0.3 is 4.18 Å². The number of hydrogen-bond donors (Lipinski definition) is 0. The topological polar surface area (TPSA) is 26.3 Å². The lowest BCUT2D eigenvalue weighted by atomic mass is 10.1. The van der Waals surface area contributed by atoms with Crippen LogP contribution in [-0.4, -0.2) is 11.5 Å². The molecule has 0 radical (unpaired) electrons. The lowest BCUT2D eigenvalue weighted by Crippen LogP contribution is -2.26. The van der Waals surface area contributed by atoms with Crippen LogP contribution in [0.4, 0.5) is 13.2 Å². The molecule has 1 aromatic rings. The molecule has 0 amide bonds. The van der Waals surface area contributed by atoms with Gasteiger partial charge in [0, 0.05) is 16.7 Å². The molecular formula is C14H15F3O2S. The minimum absolute atomic E-state index is 0.0615. The summed E-state index contributed by atoms with van der Waals surface area (Å²) in [6.45, 7) is 4.36. The average Bonchev–Trinajstić information content (AvgIpc) is 2.64. The van der Waals surface area contributed by atoms with Crippen molar-refractivity contribution in [2.75, 3.05) is 0 Å². The van der Waals surface area contributed by atoms with E-state index in [0.29, 0.717) is 5.56 Å². The first-order chi connectivity index (χ1) is 9.20. The highest BCUT2D eigenvalue weighted by Gasteiger charge is 2.60. The normalized spacial score (nSPS) is 24.9. The van der Waals surface area contributed by atoms with E-state index in [-0.39, 0.29) is 15.7 Å². The Labute approximate surface area is 117 Å². The quantitative estimate of drug-likeness (QED) is 0.780. The van der Waals surface area contributed by atoms with Crippen LogP contribution in [0.15, 0.2) is 34.1 Å². The SMILES string of the molecule is CC(=O)OS1(C(F)(F)F)C(C(C)C)=Cc2ccccc21. The molecule has 1 aromatic carbocycles. The zero-order chi connectivity index (χ0) is 15.1. The monoisotopic (exact) mass is 304 g/mol. The molecule has 2 rings (SSSR count). The Hall–Kier alpha value is -1.43. The molecule has 1 atom stereocenters. The number of allylic oxidation sites excluding steroid dienone is 1. The highest BCUT2D eigenvalue weighted by atomic mass is 32.3. The smallest absolute Gasteiger partial charge is 0.399 e. The van der Waals surface area contributed by atoms with E-state index in [1.165, 1.54) is 18.2 Å². The van der Waals surface area contributed by atoms with Crippen LogP contribution in [0.1, 0.15) is 26.3 Å². The summed E-state index contributed by atoms with van der Waals surface area (Å²) < 4.78 is 46.3. The largest absolute Gasteiger partial charge is 0.464 e. The number of carbonyl (C=O) groups is 1. The van der Waals surface area contributed by atoms with E-state index in [1.807, 2.05) is 0 Å². The minimum atomic E-state index is -4.62. The van der Waals surface area contributed by atoms with Crippen molar-refractivity contribution in [1.82, 2.24) is 0 Å². The Morgan fingerprint density at radius 2 is 1.85 bits per heavy atom. The number of halogens is 3. The Morgan fingerprint density at radius 3 is 2.35 bits per heavy atom. The van der Waals surface area contributed by atoms with Gasteiger partial charge in [-0.15, -0.1) is 0 Å². The van der Waals surface area contributed by atoms with Crippen LogP contribution in [0.3, 0.4) is 0 Å². The molecule has 1 aliphatic heterocycles. The number of hydrogen-bond acceptors (Lipinski definition) is 2. The number of benzene rings is 1. The van der Waals surface area contributed by atoms with Gasteiger partial charge in [0.2, 0.25) is 0 Å².